The lowest BCUT2D eigenvalue weighted by Crippen LogP contribution is -1.64. The molecule has 0 aromatic heterocycles. The normalized spacial score (nSPS) is 5.25. The Bertz CT molecular complexity index is 20.0. The predicted octanol–water partition coefficient (Wildman–Crippen LogP) is 0.590. The van der Waals surface area contributed by atoms with Crippen molar-refractivity contribution in [3.05, 3.63) is 0 Å². The third kappa shape index (κ3) is 1.89. The number of hydrogen-bond acceptors (Lipinski definition) is 2. The van der Waals surface area contributed by atoms with Gasteiger partial charge < -0.3 is 4.74 Å². The Balaban J connectivity index is 2.30. The van der Waals surface area contributed by atoms with E-state index in [1.54, 1.807) is 0 Å². The molecule has 0 aromatic rings. The van der Waals surface area contributed by atoms with Gasteiger partial charge in [-0.25, -0.2) is 0 Å². The summed E-state index contributed by atoms with van der Waals surface area (Å²) in [6.07, 6.45) is 0. The molecule has 0 aliphatic rings. The zero-order chi connectivity index (χ0) is 3.41. The summed E-state index contributed by atoms with van der Waals surface area (Å²) in [4.78, 5) is 0. The van der Waals surface area contributed by atoms with Gasteiger partial charge in [0, 0.05) is 0 Å². The molecule has 0 saturated heterocycles. The van der Waals surface area contributed by atoms with Crippen LogP contribution >= 0.6 is 12.2 Å². The number of rotatable bonds is 1. The molecular weight excluding hydrogens is 72.1 g/mol. The molecule has 0 N–H and O–H groups in total. The smallest absolute Gasteiger partial charge is 0.145 e. The van der Waals surface area contributed by atoms with E-state index in [-0.39, 0.29) is 0 Å². The monoisotopic (exact) mass is 76.0 g/mol. The second kappa shape index (κ2) is 2.89. The maximum absolute atomic E-state index is 4.23. The number of ether oxygens (including phenoxy) is 1. The highest BCUT2D eigenvalue weighted by Gasteiger charge is 1.39. The van der Waals surface area contributed by atoms with Crippen molar-refractivity contribution < 1.29 is 4.74 Å². The van der Waals surface area contributed by atoms with Crippen molar-refractivity contribution in [2.24, 2.45) is 0 Å². The van der Waals surface area contributed by atoms with Crippen molar-refractivity contribution in [1.82, 2.24) is 0 Å². The Hall–Kier alpha value is -0.110. The molecule has 0 aliphatic heterocycles. The van der Waals surface area contributed by atoms with Crippen molar-refractivity contribution in [1.29, 1.82) is 0 Å². The van der Waals surface area contributed by atoms with Gasteiger partial charge in [0.2, 0.25) is 0 Å². The van der Waals surface area contributed by atoms with Gasteiger partial charge in [-0.1, -0.05) is 0 Å². The molecule has 0 aliphatic carbocycles. The quantitative estimate of drug-likeness (QED) is 0.423. The van der Waals surface area contributed by atoms with Gasteiger partial charge in [0.15, 0.2) is 0 Å². The van der Waals surface area contributed by atoms with E-state index < -0.39 is 0 Å². The Morgan fingerprint density at radius 3 is 2.25 bits per heavy atom. The van der Waals surface area contributed by atoms with E-state index in [0.717, 1.165) is 0 Å². The molecule has 0 radical (unpaired) electrons. The van der Waals surface area contributed by atoms with E-state index in [1.165, 1.54) is 12.7 Å². The summed E-state index contributed by atoms with van der Waals surface area (Å²) in [6, 6.07) is 0. The Morgan fingerprint density at radius 2 is 2.25 bits per heavy atom. The zero-order valence-corrected chi connectivity index (χ0v) is 3.21. The highest BCUT2D eigenvalue weighted by atomic mass is 32.1. The van der Waals surface area contributed by atoms with E-state index in [9.17, 15) is 0 Å². The average molecular weight is 76.1 g/mol. The third-order valence-corrected chi connectivity index (χ3v) is 0.289. The molecule has 0 saturated carbocycles. The van der Waals surface area contributed by atoms with Crippen LogP contribution < -0.4 is 0 Å². The molecule has 0 spiro atoms. The van der Waals surface area contributed by atoms with Crippen LogP contribution in [0.1, 0.15) is 0 Å². The minimum Gasteiger partial charge on any atom is -0.493 e. The molecule has 1 nitrogen and oxygen atoms in total. The zero-order valence-electron chi connectivity index (χ0n) is 2.39. The Labute approximate surface area is 30.6 Å². The summed E-state index contributed by atoms with van der Waals surface area (Å²) in [5.74, 6) is 0. The summed E-state index contributed by atoms with van der Waals surface area (Å²) in [5, 5.41) is 0. The van der Waals surface area contributed by atoms with Crippen molar-refractivity contribution in [2.45, 2.75) is 0 Å². The van der Waals surface area contributed by atoms with Gasteiger partial charge in [-0.2, -0.15) is 0 Å². The minimum absolute atomic E-state index is 1.21. The molecule has 0 bridgehead atoms. The van der Waals surface area contributed by atoms with E-state index in [4.69, 9.17) is 0 Å². The third-order valence-electron chi connectivity index (χ3n) is 0.0962. The van der Waals surface area contributed by atoms with E-state index >= 15 is 0 Å². The van der Waals surface area contributed by atoms with Gasteiger partial charge in [0.1, 0.15) is 5.55 Å². The summed E-state index contributed by atoms with van der Waals surface area (Å²) in [6.45, 7) is 0. The first-order valence-electron chi connectivity index (χ1n) is 0.880. The highest BCUT2D eigenvalue weighted by Crippen LogP contribution is 1.45. The van der Waals surface area contributed by atoms with Crippen LogP contribution in [0.15, 0.2) is 0 Å². The molecule has 0 rings (SSSR count). The molecule has 24 valence electrons. The summed E-state index contributed by atoms with van der Waals surface area (Å²) >= 11 is 4.21. The van der Waals surface area contributed by atoms with Crippen LogP contribution in [0, 0.1) is 0 Å². The molecule has 2 heteroatoms. The van der Waals surface area contributed by atoms with Crippen LogP contribution in [0.3, 0.4) is 0 Å². The minimum atomic E-state index is 1.21. The number of hydrogen-bond donors (Lipinski definition) is 0. The number of methoxy groups -OCH3 is 1. The fraction of sp³-hybridized carbons (Fsp3) is 0.500. The first-order valence-corrected chi connectivity index (χ1v) is 1.35. The fourth-order valence-electron chi connectivity index (χ4n) is 0. The lowest BCUT2D eigenvalue weighted by atomic mass is 11.5. The second-order valence-corrected chi connectivity index (χ2v) is 0.524. The van der Waals surface area contributed by atoms with Gasteiger partial charge in [0.05, 0.1) is 7.11 Å². The van der Waals surface area contributed by atoms with Crippen LogP contribution in [0.25, 0.3) is 0 Å². The average Bonchev–Trinajstić information content (AvgIpc) is 1.37. The van der Waals surface area contributed by atoms with E-state index in [0.29, 0.717) is 0 Å². The molecular formula is C2H4OS. The summed E-state index contributed by atoms with van der Waals surface area (Å²) < 4.78 is 4.23. The molecule has 0 amide bonds. The van der Waals surface area contributed by atoms with Gasteiger partial charge in [-0.3, -0.25) is 0 Å². The number of thiocarbonyl (C=S) groups is 1. The van der Waals surface area contributed by atoms with Crippen LogP contribution in [0.4, 0.5) is 0 Å². The van der Waals surface area contributed by atoms with E-state index in [2.05, 4.69) is 17.0 Å². The first-order chi connectivity index (χ1) is 1.91. The van der Waals surface area contributed by atoms with Crippen molar-refractivity contribution >= 4 is 17.8 Å². The molecule has 0 atom stereocenters. The predicted molar refractivity (Wildman–Crippen MR) is 20.7 cm³/mol. The Morgan fingerprint density at radius 1 is 2.00 bits per heavy atom. The lowest BCUT2D eigenvalue weighted by molar-refractivity contribution is 0.432. The van der Waals surface area contributed by atoms with Gasteiger partial charge in [-0.05, 0) is 12.2 Å². The fourth-order valence-corrected chi connectivity index (χ4v) is 0. The molecule has 0 heterocycles. The highest BCUT2D eigenvalue weighted by molar-refractivity contribution is 7.78. The summed E-state index contributed by atoms with van der Waals surface area (Å²) in [7, 11) is 1.52. The van der Waals surface area contributed by atoms with Crippen LogP contribution in [0.2, 0.25) is 0 Å². The lowest BCUT2D eigenvalue weighted by Gasteiger charge is -1.70. The van der Waals surface area contributed by atoms with E-state index in [1.807, 2.05) is 0 Å². The molecule has 4 heavy (non-hydrogen) atoms. The first kappa shape index (κ1) is 3.89. The van der Waals surface area contributed by atoms with Crippen LogP contribution in [-0.4, -0.2) is 12.7 Å². The SMILES string of the molecule is COC=S. The topological polar surface area (TPSA) is 9.23 Å². The largest absolute Gasteiger partial charge is 0.493 e. The molecule has 0 unspecified atom stereocenters. The molecule has 0 aromatic carbocycles. The van der Waals surface area contributed by atoms with Gasteiger partial charge in [-0.15, -0.1) is 0 Å². The standard InChI is InChI=1S/C2H4OS/c1-3-2-4/h2H,1H3. The van der Waals surface area contributed by atoms with Crippen molar-refractivity contribution in [3.8, 4) is 0 Å². The van der Waals surface area contributed by atoms with Gasteiger partial charge in [0.25, 0.3) is 0 Å². The maximum Gasteiger partial charge on any atom is 0.145 e. The maximum atomic E-state index is 4.23. The van der Waals surface area contributed by atoms with Crippen LogP contribution in [0.5, 0.6) is 0 Å². The van der Waals surface area contributed by atoms with Crippen molar-refractivity contribution in [3.63, 3.8) is 0 Å². The van der Waals surface area contributed by atoms with Crippen molar-refractivity contribution in [2.75, 3.05) is 7.11 Å². The summed E-state index contributed by atoms with van der Waals surface area (Å²) in [5.41, 5.74) is 1.21. The van der Waals surface area contributed by atoms with Gasteiger partial charge >= 0.3 is 0 Å². The molecule has 0 fully saturated rings. The van der Waals surface area contributed by atoms with Crippen LogP contribution in [-0.2, 0) is 4.74 Å². The Kier molecular flexibility index (Phi) is 2.81. The second-order valence-electron chi connectivity index (χ2n) is 0.332.